The molecular formula is C21H24N4O3S. The van der Waals surface area contributed by atoms with Crippen LogP contribution in [0, 0.1) is 0 Å². The van der Waals surface area contributed by atoms with Gasteiger partial charge in [0.2, 0.25) is 17.7 Å². The molecule has 152 valence electrons. The second kappa shape index (κ2) is 9.97. The van der Waals surface area contributed by atoms with E-state index in [0.29, 0.717) is 18.3 Å². The Morgan fingerprint density at radius 2 is 1.97 bits per heavy atom. The fourth-order valence-electron chi connectivity index (χ4n) is 3.03. The molecule has 0 spiro atoms. The van der Waals surface area contributed by atoms with Gasteiger partial charge < -0.3 is 14.6 Å². The van der Waals surface area contributed by atoms with Gasteiger partial charge in [-0.2, -0.15) is 0 Å². The van der Waals surface area contributed by atoms with E-state index in [9.17, 15) is 9.59 Å². The number of amides is 2. The quantitative estimate of drug-likeness (QED) is 0.577. The van der Waals surface area contributed by atoms with E-state index >= 15 is 0 Å². The van der Waals surface area contributed by atoms with Crippen LogP contribution in [-0.4, -0.2) is 33.5 Å². The lowest BCUT2D eigenvalue weighted by Crippen LogP contribution is -2.36. The number of carbonyl (C=O) groups excluding carboxylic acids is 2. The summed E-state index contributed by atoms with van der Waals surface area (Å²) in [6.45, 7) is 4.27. The van der Waals surface area contributed by atoms with Crippen molar-refractivity contribution in [2.75, 3.05) is 6.54 Å². The Morgan fingerprint density at radius 1 is 1.17 bits per heavy atom. The molecule has 8 heteroatoms. The maximum absolute atomic E-state index is 13.0. The standard InChI is InChI=1S/C21H24N4O3S/c1-3-11-25(14-19-23-24-21(28-19)18-10-7-12-29-18)20(27)13-17(22-15(2)26)16-8-5-4-6-9-16/h4-10,12,17H,3,11,13-14H2,1-2H3,(H,22,26)/t17-/m0/s1. The second-order valence-electron chi connectivity index (χ2n) is 6.66. The van der Waals surface area contributed by atoms with Crippen molar-refractivity contribution in [2.45, 2.75) is 39.3 Å². The highest BCUT2D eigenvalue weighted by Crippen LogP contribution is 2.24. The van der Waals surface area contributed by atoms with E-state index in [-0.39, 0.29) is 30.8 Å². The first-order valence-corrected chi connectivity index (χ1v) is 10.4. The number of aromatic nitrogens is 2. The Hall–Kier alpha value is -3.00. The number of hydrogen-bond donors (Lipinski definition) is 1. The van der Waals surface area contributed by atoms with Crippen LogP contribution in [0.25, 0.3) is 10.8 Å². The summed E-state index contributed by atoms with van der Waals surface area (Å²) in [5, 5.41) is 13.0. The van der Waals surface area contributed by atoms with Gasteiger partial charge in [-0.25, -0.2) is 0 Å². The average molecular weight is 413 g/mol. The first-order valence-electron chi connectivity index (χ1n) is 9.53. The Bertz CT molecular complexity index is 925. The summed E-state index contributed by atoms with van der Waals surface area (Å²) in [6, 6.07) is 12.9. The molecule has 0 aliphatic heterocycles. The average Bonchev–Trinajstić information content (AvgIpc) is 3.39. The third-order valence-electron chi connectivity index (χ3n) is 4.33. The summed E-state index contributed by atoms with van der Waals surface area (Å²) in [6.07, 6.45) is 0.962. The molecule has 0 bridgehead atoms. The summed E-state index contributed by atoms with van der Waals surface area (Å²) in [4.78, 5) is 27.3. The zero-order valence-electron chi connectivity index (χ0n) is 16.5. The van der Waals surface area contributed by atoms with Gasteiger partial charge in [0.05, 0.1) is 23.9 Å². The molecule has 29 heavy (non-hydrogen) atoms. The molecule has 0 fully saturated rings. The third-order valence-corrected chi connectivity index (χ3v) is 5.19. The first kappa shape index (κ1) is 20.7. The second-order valence-corrected chi connectivity index (χ2v) is 7.61. The fraction of sp³-hybridized carbons (Fsp3) is 0.333. The predicted molar refractivity (Wildman–Crippen MR) is 111 cm³/mol. The van der Waals surface area contributed by atoms with Crippen molar-refractivity contribution >= 4 is 23.2 Å². The summed E-state index contributed by atoms with van der Waals surface area (Å²) in [7, 11) is 0. The van der Waals surface area contributed by atoms with Gasteiger partial charge in [0.1, 0.15) is 0 Å². The molecule has 3 rings (SSSR count). The van der Waals surface area contributed by atoms with E-state index in [4.69, 9.17) is 4.42 Å². The molecule has 1 aromatic carbocycles. The van der Waals surface area contributed by atoms with Gasteiger partial charge in [0.25, 0.3) is 5.89 Å². The van der Waals surface area contributed by atoms with Crippen molar-refractivity contribution in [2.24, 2.45) is 0 Å². The molecule has 1 atom stereocenters. The van der Waals surface area contributed by atoms with Gasteiger partial charge in [-0.15, -0.1) is 21.5 Å². The summed E-state index contributed by atoms with van der Waals surface area (Å²) >= 11 is 1.52. The lowest BCUT2D eigenvalue weighted by molar-refractivity contribution is -0.133. The van der Waals surface area contributed by atoms with Gasteiger partial charge in [-0.05, 0) is 23.4 Å². The molecule has 1 N–H and O–H groups in total. The molecule has 7 nitrogen and oxygen atoms in total. The summed E-state index contributed by atoms with van der Waals surface area (Å²) < 4.78 is 5.73. The number of benzene rings is 1. The van der Waals surface area contributed by atoms with Crippen LogP contribution in [0.4, 0.5) is 0 Å². The number of hydrogen-bond acceptors (Lipinski definition) is 6. The van der Waals surface area contributed by atoms with Crippen molar-refractivity contribution in [3.05, 3.63) is 59.3 Å². The molecule has 0 aliphatic rings. The van der Waals surface area contributed by atoms with Crippen LogP contribution < -0.4 is 5.32 Å². The predicted octanol–water partition coefficient (Wildman–Crippen LogP) is 3.80. The highest BCUT2D eigenvalue weighted by Gasteiger charge is 2.23. The highest BCUT2D eigenvalue weighted by atomic mass is 32.1. The largest absolute Gasteiger partial charge is 0.418 e. The van der Waals surface area contributed by atoms with Gasteiger partial charge >= 0.3 is 0 Å². The number of carbonyl (C=O) groups is 2. The molecule has 0 saturated carbocycles. The van der Waals surface area contributed by atoms with Crippen LogP contribution in [0.3, 0.4) is 0 Å². The first-order chi connectivity index (χ1) is 14.1. The molecule has 3 aromatic rings. The number of rotatable bonds is 9. The maximum Gasteiger partial charge on any atom is 0.257 e. The number of nitrogens with zero attached hydrogens (tertiary/aromatic N) is 3. The van der Waals surface area contributed by atoms with Crippen LogP contribution in [0.15, 0.2) is 52.3 Å². The Kier molecular flexibility index (Phi) is 7.13. The van der Waals surface area contributed by atoms with Gasteiger partial charge in [0, 0.05) is 13.5 Å². The smallest absolute Gasteiger partial charge is 0.257 e. The van der Waals surface area contributed by atoms with Gasteiger partial charge in [-0.1, -0.05) is 43.3 Å². The maximum atomic E-state index is 13.0. The van der Waals surface area contributed by atoms with Crippen molar-refractivity contribution in [3.8, 4) is 10.8 Å². The minimum atomic E-state index is -0.384. The lowest BCUT2D eigenvalue weighted by Gasteiger charge is -2.24. The minimum Gasteiger partial charge on any atom is -0.418 e. The Balaban J connectivity index is 1.71. The fourth-order valence-corrected chi connectivity index (χ4v) is 3.67. The molecule has 0 unspecified atom stereocenters. The monoisotopic (exact) mass is 412 g/mol. The molecule has 2 heterocycles. The van der Waals surface area contributed by atoms with E-state index in [1.54, 1.807) is 4.90 Å². The molecule has 2 amide bonds. The van der Waals surface area contributed by atoms with Gasteiger partial charge in [0.15, 0.2) is 0 Å². The van der Waals surface area contributed by atoms with Crippen LogP contribution in [-0.2, 0) is 16.1 Å². The van der Waals surface area contributed by atoms with E-state index in [0.717, 1.165) is 16.9 Å². The number of thiophene rings is 1. The van der Waals surface area contributed by atoms with Gasteiger partial charge in [-0.3, -0.25) is 9.59 Å². The zero-order valence-corrected chi connectivity index (χ0v) is 17.3. The molecule has 0 saturated heterocycles. The van der Waals surface area contributed by atoms with Crippen molar-refractivity contribution in [1.29, 1.82) is 0 Å². The molecular weight excluding hydrogens is 388 g/mol. The molecule has 0 radical (unpaired) electrons. The zero-order chi connectivity index (χ0) is 20.6. The Morgan fingerprint density at radius 3 is 2.62 bits per heavy atom. The van der Waals surface area contributed by atoms with Crippen LogP contribution >= 0.6 is 11.3 Å². The van der Waals surface area contributed by atoms with E-state index in [2.05, 4.69) is 15.5 Å². The van der Waals surface area contributed by atoms with E-state index < -0.39 is 0 Å². The van der Waals surface area contributed by atoms with Crippen molar-refractivity contribution in [3.63, 3.8) is 0 Å². The van der Waals surface area contributed by atoms with Crippen LogP contribution in [0.2, 0.25) is 0 Å². The Labute approximate surface area is 173 Å². The SMILES string of the molecule is CCCN(Cc1nnc(-c2cccs2)o1)C(=O)C[C@H](NC(C)=O)c1ccccc1. The van der Waals surface area contributed by atoms with Crippen LogP contribution in [0.5, 0.6) is 0 Å². The summed E-state index contributed by atoms with van der Waals surface area (Å²) in [5.74, 6) is 0.599. The third kappa shape index (κ3) is 5.74. The van der Waals surface area contributed by atoms with E-state index in [1.165, 1.54) is 18.3 Å². The molecule has 0 aliphatic carbocycles. The van der Waals surface area contributed by atoms with Crippen LogP contribution in [0.1, 0.15) is 44.2 Å². The summed E-state index contributed by atoms with van der Waals surface area (Å²) in [5.41, 5.74) is 0.894. The lowest BCUT2D eigenvalue weighted by atomic mass is 10.0. The normalized spacial score (nSPS) is 11.8. The van der Waals surface area contributed by atoms with E-state index in [1.807, 2.05) is 54.8 Å². The van der Waals surface area contributed by atoms with Crippen molar-refractivity contribution < 1.29 is 14.0 Å². The topological polar surface area (TPSA) is 88.3 Å². The molecule has 2 aromatic heterocycles. The minimum absolute atomic E-state index is 0.0784. The number of nitrogens with one attached hydrogen (secondary N) is 1. The van der Waals surface area contributed by atoms with Crippen molar-refractivity contribution in [1.82, 2.24) is 20.4 Å². The highest BCUT2D eigenvalue weighted by molar-refractivity contribution is 7.13.